The van der Waals surface area contributed by atoms with Crippen LogP contribution in [0.15, 0.2) is 84.9 Å². The van der Waals surface area contributed by atoms with E-state index in [4.69, 9.17) is 0 Å². The maximum absolute atomic E-state index is 14.1. The molecule has 2 atom stereocenters. The molecule has 0 spiro atoms. The standard InChI is InChI=1S/C35H39FN2O5/c1-23(2)38-30(18-17-28(39)21-29(40)22-31(41)42)32(26-13-15-27(36)16-14-26)33(25-11-7-4-8-12-25)34(38)35(43)37-20-19-24-9-5-3-6-10-24/h3-16,23,28-29,39-40H,17-22H2,1-2H3,(H,37,43)(H,41,42)/p-1/t28-,29-/m1/s1. The highest BCUT2D eigenvalue weighted by atomic mass is 19.1. The Morgan fingerprint density at radius 3 is 2.05 bits per heavy atom. The molecule has 0 saturated heterocycles. The minimum absolute atomic E-state index is 0.124. The van der Waals surface area contributed by atoms with Gasteiger partial charge in [-0.2, -0.15) is 0 Å². The molecule has 8 heteroatoms. The van der Waals surface area contributed by atoms with E-state index in [0.29, 0.717) is 30.6 Å². The molecule has 3 N–H and O–H groups in total. The molecular weight excluding hydrogens is 547 g/mol. The number of amides is 1. The zero-order valence-corrected chi connectivity index (χ0v) is 24.5. The Morgan fingerprint density at radius 2 is 1.44 bits per heavy atom. The second kappa shape index (κ2) is 14.8. The topological polar surface area (TPSA) is 115 Å². The summed E-state index contributed by atoms with van der Waals surface area (Å²) in [4.78, 5) is 24.9. The number of aliphatic hydroxyl groups excluding tert-OH is 2. The minimum atomic E-state index is -1.39. The lowest BCUT2D eigenvalue weighted by atomic mass is 9.92. The summed E-state index contributed by atoms with van der Waals surface area (Å²) in [5.74, 6) is -2.02. The second-order valence-electron chi connectivity index (χ2n) is 11.0. The SMILES string of the molecule is CC(C)n1c(CC[C@@H](O)C[C@@H](O)CC(=O)[O-])c(-c2ccc(F)cc2)c(-c2ccccc2)c1C(=O)NCCc1ccccc1. The van der Waals surface area contributed by atoms with Crippen LogP contribution < -0.4 is 10.4 Å². The van der Waals surface area contributed by atoms with Gasteiger partial charge in [0.25, 0.3) is 5.91 Å². The van der Waals surface area contributed by atoms with Gasteiger partial charge in [-0.25, -0.2) is 4.39 Å². The van der Waals surface area contributed by atoms with Gasteiger partial charge in [-0.05, 0) is 68.4 Å². The fourth-order valence-electron chi connectivity index (χ4n) is 5.55. The zero-order valence-electron chi connectivity index (χ0n) is 24.5. The number of carbonyl (C=O) groups excluding carboxylic acids is 2. The van der Waals surface area contributed by atoms with E-state index in [1.807, 2.05) is 79.1 Å². The van der Waals surface area contributed by atoms with Gasteiger partial charge in [0, 0.05) is 41.8 Å². The summed E-state index contributed by atoms with van der Waals surface area (Å²) in [6.45, 7) is 4.39. The number of hydrogen-bond donors (Lipinski definition) is 3. The predicted octanol–water partition coefficient (Wildman–Crippen LogP) is 4.70. The van der Waals surface area contributed by atoms with Crippen molar-refractivity contribution in [2.24, 2.45) is 0 Å². The molecule has 0 aliphatic rings. The lowest BCUT2D eigenvalue weighted by Crippen LogP contribution is -2.30. The number of aliphatic hydroxyl groups is 2. The third-order valence-electron chi connectivity index (χ3n) is 7.44. The number of hydrogen-bond acceptors (Lipinski definition) is 5. The largest absolute Gasteiger partial charge is 0.550 e. The fraction of sp³-hybridized carbons (Fsp3) is 0.314. The molecule has 4 rings (SSSR count). The highest BCUT2D eigenvalue weighted by Crippen LogP contribution is 2.42. The second-order valence-corrected chi connectivity index (χ2v) is 11.0. The number of aromatic nitrogens is 1. The van der Waals surface area contributed by atoms with E-state index in [2.05, 4.69) is 5.32 Å². The molecule has 226 valence electrons. The van der Waals surface area contributed by atoms with E-state index < -0.39 is 24.6 Å². The number of carbonyl (C=O) groups is 2. The van der Waals surface area contributed by atoms with Gasteiger partial charge >= 0.3 is 0 Å². The smallest absolute Gasteiger partial charge is 0.268 e. The van der Waals surface area contributed by atoms with E-state index in [9.17, 15) is 29.3 Å². The van der Waals surface area contributed by atoms with Crippen LogP contribution in [0.4, 0.5) is 4.39 Å². The van der Waals surface area contributed by atoms with Gasteiger partial charge in [-0.15, -0.1) is 0 Å². The van der Waals surface area contributed by atoms with Crippen LogP contribution in [-0.2, 0) is 17.6 Å². The first-order valence-corrected chi connectivity index (χ1v) is 14.6. The molecule has 0 aliphatic heterocycles. The van der Waals surface area contributed by atoms with Gasteiger partial charge in [0.15, 0.2) is 0 Å². The monoisotopic (exact) mass is 585 g/mol. The van der Waals surface area contributed by atoms with Crippen LogP contribution in [0.2, 0.25) is 0 Å². The molecule has 0 bridgehead atoms. The van der Waals surface area contributed by atoms with Gasteiger partial charge in [-0.3, -0.25) is 4.79 Å². The molecule has 43 heavy (non-hydrogen) atoms. The van der Waals surface area contributed by atoms with Crippen LogP contribution in [0.25, 0.3) is 22.3 Å². The molecule has 0 fully saturated rings. The molecule has 0 aliphatic carbocycles. The number of nitrogens with one attached hydrogen (secondary N) is 1. The van der Waals surface area contributed by atoms with Gasteiger partial charge in [0.1, 0.15) is 11.5 Å². The fourth-order valence-corrected chi connectivity index (χ4v) is 5.55. The molecule has 1 amide bonds. The number of rotatable bonds is 14. The first-order chi connectivity index (χ1) is 20.7. The van der Waals surface area contributed by atoms with Crippen LogP contribution in [0.5, 0.6) is 0 Å². The van der Waals surface area contributed by atoms with Gasteiger partial charge in [0.05, 0.1) is 12.2 Å². The highest BCUT2D eigenvalue weighted by molar-refractivity contribution is 6.05. The summed E-state index contributed by atoms with van der Waals surface area (Å²) < 4.78 is 16.0. The van der Waals surface area contributed by atoms with Crippen molar-refractivity contribution >= 4 is 11.9 Å². The average molecular weight is 586 g/mol. The molecule has 1 aromatic heterocycles. The predicted molar refractivity (Wildman–Crippen MR) is 163 cm³/mol. The maximum atomic E-state index is 14.1. The van der Waals surface area contributed by atoms with Crippen molar-refractivity contribution in [3.63, 3.8) is 0 Å². The van der Waals surface area contributed by atoms with Crippen molar-refractivity contribution in [3.8, 4) is 22.3 Å². The third-order valence-corrected chi connectivity index (χ3v) is 7.44. The summed E-state index contributed by atoms with van der Waals surface area (Å²) in [6.07, 6.45) is -1.73. The number of nitrogens with zero attached hydrogens (tertiary/aromatic N) is 1. The van der Waals surface area contributed by atoms with Crippen molar-refractivity contribution in [3.05, 3.63) is 108 Å². The van der Waals surface area contributed by atoms with Crippen molar-refractivity contribution in [2.45, 2.75) is 64.2 Å². The molecule has 0 radical (unpaired) electrons. The maximum Gasteiger partial charge on any atom is 0.268 e. The highest BCUT2D eigenvalue weighted by Gasteiger charge is 2.30. The van der Waals surface area contributed by atoms with Crippen molar-refractivity contribution in [1.82, 2.24) is 9.88 Å². The summed E-state index contributed by atoms with van der Waals surface area (Å²) in [7, 11) is 0. The van der Waals surface area contributed by atoms with Crippen molar-refractivity contribution < 1.29 is 29.3 Å². The van der Waals surface area contributed by atoms with E-state index >= 15 is 0 Å². The normalized spacial score (nSPS) is 12.7. The molecule has 3 aromatic carbocycles. The van der Waals surface area contributed by atoms with Crippen molar-refractivity contribution in [1.29, 1.82) is 0 Å². The molecular formula is C35H38FN2O5-. The zero-order chi connectivity index (χ0) is 30.9. The van der Waals surface area contributed by atoms with E-state index in [0.717, 1.165) is 27.9 Å². The Morgan fingerprint density at radius 1 is 0.837 bits per heavy atom. The minimum Gasteiger partial charge on any atom is -0.550 e. The lowest BCUT2D eigenvalue weighted by Gasteiger charge is -2.20. The lowest BCUT2D eigenvalue weighted by molar-refractivity contribution is -0.307. The van der Waals surface area contributed by atoms with Gasteiger partial charge in [0.2, 0.25) is 0 Å². The van der Waals surface area contributed by atoms with Crippen LogP contribution >= 0.6 is 0 Å². The summed E-state index contributed by atoms with van der Waals surface area (Å²) in [6, 6.07) is 25.4. The van der Waals surface area contributed by atoms with Crippen LogP contribution in [0.1, 0.15) is 60.9 Å². The summed E-state index contributed by atoms with van der Waals surface area (Å²) in [5, 5.41) is 34.8. The molecule has 7 nitrogen and oxygen atoms in total. The summed E-state index contributed by atoms with van der Waals surface area (Å²) in [5.41, 5.74) is 5.36. The number of carboxylic acids is 1. The quantitative estimate of drug-likeness (QED) is 0.199. The van der Waals surface area contributed by atoms with E-state index in [1.54, 1.807) is 12.1 Å². The Balaban J connectivity index is 1.81. The molecule has 4 aromatic rings. The Hall–Kier alpha value is -4.27. The van der Waals surface area contributed by atoms with E-state index in [-0.39, 0.29) is 30.6 Å². The number of halogens is 1. The summed E-state index contributed by atoms with van der Waals surface area (Å²) >= 11 is 0. The number of carboxylic acid groups (broad SMARTS) is 1. The first-order valence-electron chi connectivity index (χ1n) is 14.6. The Labute approximate surface area is 251 Å². The Kier molecular flexibility index (Phi) is 10.9. The Bertz CT molecular complexity index is 1500. The number of benzene rings is 3. The third kappa shape index (κ3) is 8.18. The first kappa shape index (κ1) is 31.7. The average Bonchev–Trinajstić information content (AvgIpc) is 3.32. The van der Waals surface area contributed by atoms with Gasteiger partial charge < -0.3 is 30.0 Å². The van der Waals surface area contributed by atoms with Crippen LogP contribution in [0, 0.1) is 5.82 Å². The number of aliphatic carboxylic acids is 1. The molecule has 1 heterocycles. The van der Waals surface area contributed by atoms with Crippen molar-refractivity contribution in [2.75, 3.05) is 6.54 Å². The van der Waals surface area contributed by atoms with Gasteiger partial charge in [-0.1, -0.05) is 72.8 Å². The molecule has 0 saturated carbocycles. The van der Waals surface area contributed by atoms with Crippen LogP contribution in [0.3, 0.4) is 0 Å². The van der Waals surface area contributed by atoms with E-state index in [1.165, 1.54) is 12.1 Å². The van der Waals surface area contributed by atoms with Crippen LogP contribution in [-0.4, -0.2) is 45.4 Å². The molecule has 0 unspecified atom stereocenters.